The fraction of sp³-hybridized carbons (Fsp3) is 0. The fourth-order valence-corrected chi connectivity index (χ4v) is 3.03. The Hall–Kier alpha value is -3.46. The summed E-state index contributed by atoms with van der Waals surface area (Å²) in [6, 6.07) is 22.2. The summed E-state index contributed by atoms with van der Waals surface area (Å²) in [5.74, 6) is -1.71. The van der Waals surface area contributed by atoms with Crippen LogP contribution >= 0.6 is 0 Å². The zero-order valence-electron chi connectivity index (χ0n) is 14.5. The molecule has 0 aliphatic heterocycles. The van der Waals surface area contributed by atoms with Gasteiger partial charge in [0.25, 0.3) is 0 Å². The Morgan fingerprint density at radius 3 is 1.81 bits per heavy atom. The molecule has 0 aliphatic carbocycles. The summed E-state index contributed by atoms with van der Waals surface area (Å²) in [5, 5.41) is 0.647. The van der Waals surface area contributed by atoms with Crippen LogP contribution in [0.2, 0.25) is 0 Å². The van der Waals surface area contributed by atoms with Crippen molar-refractivity contribution in [2.24, 2.45) is 0 Å². The Morgan fingerprint density at radius 1 is 0.630 bits per heavy atom. The number of benzene rings is 3. The van der Waals surface area contributed by atoms with E-state index in [-0.39, 0.29) is 0 Å². The van der Waals surface area contributed by atoms with Crippen molar-refractivity contribution in [2.75, 3.05) is 0 Å². The average Bonchev–Trinajstić information content (AvgIpc) is 3.03. The van der Waals surface area contributed by atoms with Gasteiger partial charge in [-0.05, 0) is 23.3 Å². The third kappa shape index (κ3) is 3.72. The minimum Gasteiger partial charge on any atom is -0.354 e. The summed E-state index contributed by atoms with van der Waals surface area (Å²) in [6.07, 6.45) is 7.78. The summed E-state index contributed by atoms with van der Waals surface area (Å²) in [4.78, 5) is 3.19. The van der Waals surface area contributed by atoms with Gasteiger partial charge in [0.05, 0.1) is 0 Å². The zero-order chi connectivity index (χ0) is 18.6. The van der Waals surface area contributed by atoms with Crippen LogP contribution in [0.1, 0.15) is 22.4 Å². The summed E-state index contributed by atoms with van der Waals surface area (Å²) < 4.78 is 27.5. The maximum atomic E-state index is 13.8. The molecule has 0 fully saturated rings. The first-order valence-corrected chi connectivity index (χ1v) is 8.68. The molecule has 132 valence electrons. The number of nitrogens with one attached hydrogen (secondary N) is 1. The van der Waals surface area contributed by atoms with E-state index in [4.69, 9.17) is 0 Å². The minimum absolute atomic E-state index is 0.564. The average molecular weight is 357 g/mol. The molecule has 3 heteroatoms. The van der Waals surface area contributed by atoms with Gasteiger partial charge in [-0.2, -0.15) is 0 Å². The highest BCUT2D eigenvalue weighted by Crippen LogP contribution is 2.28. The lowest BCUT2D eigenvalue weighted by molar-refractivity contribution is 0.511. The number of rotatable bonds is 4. The molecule has 0 radical (unpaired) electrons. The van der Waals surface area contributed by atoms with Crippen molar-refractivity contribution in [3.05, 3.63) is 107 Å². The summed E-state index contributed by atoms with van der Waals surface area (Å²) in [7, 11) is 0. The molecule has 1 heterocycles. The van der Waals surface area contributed by atoms with Crippen molar-refractivity contribution in [1.82, 2.24) is 4.98 Å². The third-order valence-electron chi connectivity index (χ3n) is 4.39. The largest absolute Gasteiger partial charge is 0.354 e. The van der Waals surface area contributed by atoms with Crippen molar-refractivity contribution in [3.8, 4) is 0 Å². The number of halogens is 2. The Bertz CT molecular complexity index is 1120. The third-order valence-corrected chi connectivity index (χ3v) is 4.39. The zero-order valence-corrected chi connectivity index (χ0v) is 14.5. The summed E-state index contributed by atoms with van der Waals surface area (Å²) in [5.41, 5.74) is 4.26. The first-order valence-electron chi connectivity index (χ1n) is 8.68. The second-order valence-corrected chi connectivity index (χ2v) is 6.25. The molecule has 0 unspecified atom stereocenters. The van der Waals surface area contributed by atoms with Gasteiger partial charge in [0.15, 0.2) is 11.6 Å². The van der Waals surface area contributed by atoms with Gasteiger partial charge in [-0.25, -0.2) is 8.78 Å². The van der Waals surface area contributed by atoms with E-state index < -0.39 is 11.6 Å². The molecule has 0 atom stereocenters. The molecule has 1 aromatic heterocycles. The Morgan fingerprint density at radius 2 is 1.19 bits per heavy atom. The van der Waals surface area contributed by atoms with Crippen LogP contribution in [0, 0.1) is 11.6 Å². The first-order chi connectivity index (χ1) is 13.2. The lowest BCUT2D eigenvalue weighted by Crippen LogP contribution is -1.82. The molecule has 0 amide bonds. The van der Waals surface area contributed by atoms with Gasteiger partial charge < -0.3 is 4.98 Å². The quantitative estimate of drug-likeness (QED) is 0.414. The number of hydrogen-bond acceptors (Lipinski definition) is 0. The molecule has 0 spiro atoms. The molecule has 0 bridgehead atoms. The van der Waals surface area contributed by atoms with Crippen LogP contribution in [-0.4, -0.2) is 4.98 Å². The van der Waals surface area contributed by atoms with Crippen molar-refractivity contribution >= 4 is 35.2 Å². The highest BCUT2D eigenvalue weighted by molar-refractivity contribution is 5.96. The van der Waals surface area contributed by atoms with E-state index in [0.717, 1.165) is 22.4 Å². The van der Waals surface area contributed by atoms with Gasteiger partial charge in [-0.3, -0.25) is 0 Å². The van der Waals surface area contributed by atoms with Crippen LogP contribution in [0.5, 0.6) is 0 Å². The number of hydrogen-bond donors (Lipinski definition) is 1. The Balaban J connectivity index is 1.81. The van der Waals surface area contributed by atoms with Gasteiger partial charge in [0, 0.05) is 28.2 Å². The maximum Gasteiger partial charge on any atom is 0.160 e. The van der Waals surface area contributed by atoms with E-state index in [9.17, 15) is 8.78 Å². The second-order valence-electron chi connectivity index (χ2n) is 6.25. The number of aromatic nitrogens is 1. The fourth-order valence-electron chi connectivity index (χ4n) is 3.03. The van der Waals surface area contributed by atoms with E-state index in [1.807, 2.05) is 85.0 Å². The van der Waals surface area contributed by atoms with Gasteiger partial charge in [-0.15, -0.1) is 0 Å². The molecule has 4 rings (SSSR count). The molecule has 0 saturated carbocycles. The lowest BCUT2D eigenvalue weighted by Gasteiger charge is -1.97. The standard InChI is InChI=1S/C24H17F2N/c25-21-15-20-19(13-11-17-7-3-1-4-8-17)23(27-24(20)16-22(21)26)14-12-18-9-5-2-6-10-18/h1-16,27H/b13-11+,14-12+. The molecule has 4 aromatic rings. The smallest absolute Gasteiger partial charge is 0.160 e. The molecule has 3 aromatic carbocycles. The van der Waals surface area contributed by atoms with Crippen molar-refractivity contribution in [3.63, 3.8) is 0 Å². The highest BCUT2D eigenvalue weighted by Gasteiger charge is 2.11. The van der Waals surface area contributed by atoms with E-state index in [1.165, 1.54) is 12.1 Å². The summed E-state index contributed by atoms with van der Waals surface area (Å²) in [6.45, 7) is 0. The number of aromatic amines is 1. The topological polar surface area (TPSA) is 15.8 Å². The Kier molecular flexibility index (Phi) is 4.67. The minimum atomic E-state index is -0.860. The van der Waals surface area contributed by atoms with Gasteiger partial charge in [0.1, 0.15) is 0 Å². The molecule has 27 heavy (non-hydrogen) atoms. The predicted octanol–water partition coefficient (Wildman–Crippen LogP) is 6.79. The highest BCUT2D eigenvalue weighted by atomic mass is 19.2. The molecular formula is C24H17F2N. The van der Waals surface area contributed by atoms with E-state index >= 15 is 0 Å². The molecule has 1 nitrogen and oxygen atoms in total. The van der Waals surface area contributed by atoms with E-state index in [0.29, 0.717) is 10.9 Å². The maximum absolute atomic E-state index is 13.8. The van der Waals surface area contributed by atoms with Crippen LogP contribution < -0.4 is 0 Å². The van der Waals surface area contributed by atoms with Crippen LogP contribution in [0.25, 0.3) is 35.2 Å². The molecule has 1 N–H and O–H groups in total. The van der Waals surface area contributed by atoms with Crippen LogP contribution in [0.15, 0.2) is 72.8 Å². The van der Waals surface area contributed by atoms with E-state index in [2.05, 4.69) is 4.98 Å². The van der Waals surface area contributed by atoms with Crippen molar-refractivity contribution in [2.45, 2.75) is 0 Å². The second kappa shape index (κ2) is 7.42. The number of H-pyrrole nitrogens is 1. The predicted molar refractivity (Wildman–Crippen MR) is 109 cm³/mol. The number of fused-ring (bicyclic) bond motifs is 1. The van der Waals surface area contributed by atoms with Crippen LogP contribution in [0.3, 0.4) is 0 Å². The van der Waals surface area contributed by atoms with E-state index in [1.54, 1.807) is 0 Å². The van der Waals surface area contributed by atoms with Crippen LogP contribution in [0.4, 0.5) is 8.78 Å². The molecule has 0 aliphatic rings. The van der Waals surface area contributed by atoms with Gasteiger partial charge in [0.2, 0.25) is 0 Å². The van der Waals surface area contributed by atoms with Crippen LogP contribution in [-0.2, 0) is 0 Å². The normalized spacial score (nSPS) is 11.8. The summed E-state index contributed by atoms with van der Waals surface area (Å²) >= 11 is 0. The van der Waals surface area contributed by atoms with Gasteiger partial charge in [-0.1, -0.05) is 78.9 Å². The molecule has 0 saturated heterocycles. The molecular weight excluding hydrogens is 340 g/mol. The van der Waals surface area contributed by atoms with Gasteiger partial charge >= 0.3 is 0 Å². The Labute approximate surface area is 156 Å². The monoisotopic (exact) mass is 357 g/mol. The SMILES string of the molecule is Fc1cc2[nH]c(/C=C/c3ccccc3)c(/C=C/c3ccccc3)c2cc1F. The van der Waals surface area contributed by atoms with Crippen molar-refractivity contribution in [1.29, 1.82) is 0 Å². The van der Waals surface area contributed by atoms with Crippen molar-refractivity contribution < 1.29 is 8.78 Å². The first kappa shape index (κ1) is 17.0. The lowest BCUT2D eigenvalue weighted by atomic mass is 10.1.